The third-order valence-electron chi connectivity index (χ3n) is 2.51. The molecule has 0 saturated heterocycles. The summed E-state index contributed by atoms with van der Waals surface area (Å²) in [5, 5.41) is 25.0. The van der Waals surface area contributed by atoms with Crippen molar-refractivity contribution >= 4 is 11.9 Å². The summed E-state index contributed by atoms with van der Waals surface area (Å²) in [6.45, 7) is 1.42. The van der Waals surface area contributed by atoms with E-state index in [2.05, 4.69) is 10.3 Å². The summed E-state index contributed by atoms with van der Waals surface area (Å²) < 4.78 is 1.07. The number of hydrogen-bond acceptors (Lipinski definition) is 4. The molecule has 19 heavy (non-hydrogen) atoms. The van der Waals surface area contributed by atoms with Crippen LogP contribution in [-0.4, -0.2) is 37.1 Å². The molecule has 98 valence electrons. The van der Waals surface area contributed by atoms with Crippen molar-refractivity contribution in [2.75, 3.05) is 0 Å². The van der Waals surface area contributed by atoms with Crippen LogP contribution in [0.3, 0.4) is 0 Å². The standard InChI is InChI=1S/C12H11N3O4/c1-7-3-2-4-8(5-7)11-10(12(18)19)13-14-15(11)6-9(16)17/h2-5H,6H2,1H3,(H,16,17)(H,18,19). The number of aromatic carboxylic acids is 1. The van der Waals surface area contributed by atoms with Crippen molar-refractivity contribution < 1.29 is 19.8 Å². The van der Waals surface area contributed by atoms with Gasteiger partial charge in [0.25, 0.3) is 0 Å². The van der Waals surface area contributed by atoms with Crippen LogP contribution in [-0.2, 0) is 11.3 Å². The molecule has 0 aliphatic heterocycles. The summed E-state index contributed by atoms with van der Waals surface area (Å²) in [4.78, 5) is 21.9. The molecule has 7 nitrogen and oxygen atoms in total. The van der Waals surface area contributed by atoms with Gasteiger partial charge in [-0.2, -0.15) is 0 Å². The molecule has 0 spiro atoms. The van der Waals surface area contributed by atoms with Crippen molar-refractivity contribution in [2.45, 2.75) is 13.5 Å². The molecule has 1 heterocycles. The largest absolute Gasteiger partial charge is 0.480 e. The first kappa shape index (κ1) is 12.7. The van der Waals surface area contributed by atoms with Gasteiger partial charge in [-0.1, -0.05) is 29.0 Å². The first-order valence-electron chi connectivity index (χ1n) is 5.44. The molecule has 2 N–H and O–H groups in total. The minimum Gasteiger partial charge on any atom is -0.480 e. The second kappa shape index (κ2) is 4.89. The number of aryl methyl sites for hydroxylation is 1. The Morgan fingerprint density at radius 2 is 2.05 bits per heavy atom. The minimum absolute atomic E-state index is 0.193. The second-order valence-electron chi connectivity index (χ2n) is 4.01. The highest BCUT2D eigenvalue weighted by Crippen LogP contribution is 2.23. The van der Waals surface area contributed by atoms with E-state index in [4.69, 9.17) is 10.2 Å². The third kappa shape index (κ3) is 2.59. The summed E-state index contributed by atoms with van der Waals surface area (Å²) in [5.74, 6) is -2.36. The number of carbonyl (C=O) groups is 2. The average Bonchev–Trinajstić information content (AvgIpc) is 2.71. The highest BCUT2D eigenvalue weighted by molar-refractivity contribution is 5.92. The minimum atomic E-state index is -1.24. The number of carboxylic acid groups (broad SMARTS) is 2. The fraction of sp³-hybridized carbons (Fsp3) is 0.167. The monoisotopic (exact) mass is 261 g/mol. The predicted molar refractivity (Wildman–Crippen MR) is 64.8 cm³/mol. The molecule has 0 bridgehead atoms. The van der Waals surface area contributed by atoms with Gasteiger partial charge in [0.15, 0.2) is 5.69 Å². The third-order valence-corrected chi connectivity index (χ3v) is 2.51. The molecule has 0 atom stereocenters. The summed E-state index contributed by atoms with van der Waals surface area (Å²) in [7, 11) is 0. The summed E-state index contributed by atoms with van der Waals surface area (Å²) in [5.41, 5.74) is 1.44. The van der Waals surface area contributed by atoms with Crippen LogP contribution >= 0.6 is 0 Å². The van der Waals surface area contributed by atoms with E-state index >= 15 is 0 Å². The van der Waals surface area contributed by atoms with Gasteiger partial charge >= 0.3 is 11.9 Å². The number of carboxylic acids is 2. The lowest BCUT2D eigenvalue weighted by atomic mass is 10.1. The number of rotatable bonds is 4. The zero-order valence-electron chi connectivity index (χ0n) is 10.1. The van der Waals surface area contributed by atoms with Crippen LogP contribution in [0, 0.1) is 6.92 Å². The number of benzene rings is 1. The Morgan fingerprint density at radius 1 is 1.32 bits per heavy atom. The van der Waals surface area contributed by atoms with E-state index in [1.807, 2.05) is 13.0 Å². The van der Waals surface area contributed by atoms with E-state index in [0.717, 1.165) is 10.2 Å². The topological polar surface area (TPSA) is 105 Å². The first-order chi connectivity index (χ1) is 8.99. The first-order valence-corrected chi connectivity index (χ1v) is 5.44. The Morgan fingerprint density at radius 3 is 2.63 bits per heavy atom. The summed E-state index contributed by atoms with van der Waals surface area (Å²) in [6, 6.07) is 7.06. The van der Waals surface area contributed by atoms with E-state index in [1.165, 1.54) is 0 Å². The lowest BCUT2D eigenvalue weighted by Gasteiger charge is -2.05. The van der Waals surface area contributed by atoms with Crippen molar-refractivity contribution in [3.63, 3.8) is 0 Å². The molecule has 0 unspecified atom stereocenters. The normalized spacial score (nSPS) is 10.4. The van der Waals surface area contributed by atoms with E-state index in [1.54, 1.807) is 18.2 Å². The molecule has 1 aromatic carbocycles. The molecule has 0 saturated carbocycles. The molecule has 1 aromatic heterocycles. The zero-order chi connectivity index (χ0) is 14.0. The van der Waals surface area contributed by atoms with Crippen LogP contribution in [0.4, 0.5) is 0 Å². The van der Waals surface area contributed by atoms with Gasteiger partial charge < -0.3 is 10.2 Å². The zero-order valence-corrected chi connectivity index (χ0v) is 10.1. The van der Waals surface area contributed by atoms with Gasteiger partial charge in [0, 0.05) is 5.56 Å². The van der Waals surface area contributed by atoms with Crippen LogP contribution in [0.25, 0.3) is 11.3 Å². The highest BCUT2D eigenvalue weighted by Gasteiger charge is 2.21. The van der Waals surface area contributed by atoms with Gasteiger partial charge in [-0.25, -0.2) is 9.48 Å². The van der Waals surface area contributed by atoms with Crippen molar-refractivity contribution in [1.29, 1.82) is 0 Å². The van der Waals surface area contributed by atoms with Crippen LogP contribution in [0.5, 0.6) is 0 Å². The second-order valence-corrected chi connectivity index (χ2v) is 4.01. The van der Waals surface area contributed by atoms with E-state index in [-0.39, 0.29) is 11.4 Å². The van der Waals surface area contributed by atoms with Crippen LogP contribution in [0.2, 0.25) is 0 Å². The molecular formula is C12H11N3O4. The Labute approximate surface area is 108 Å². The number of nitrogens with zero attached hydrogens (tertiary/aromatic N) is 3. The Kier molecular flexibility index (Phi) is 3.28. The van der Waals surface area contributed by atoms with Crippen LogP contribution in [0.1, 0.15) is 16.1 Å². The lowest BCUT2D eigenvalue weighted by Crippen LogP contribution is -2.12. The maximum atomic E-state index is 11.1. The van der Waals surface area contributed by atoms with E-state index in [0.29, 0.717) is 5.56 Å². The van der Waals surface area contributed by atoms with Gasteiger partial charge in [-0.15, -0.1) is 5.10 Å². The van der Waals surface area contributed by atoms with Gasteiger partial charge in [-0.05, 0) is 13.0 Å². The molecule has 0 amide bonds. The Bertz CT molecular complexity index is 648. The SMILES string of the molecule is Cc1cccc(-c2c(C(=O)O)nnn2CC(=O)O)c1. The van der Waals surface area contributed by atoms with E-state index in [9.17, 15) is 9.59 Å². The van der Waals surface area contributed by atoms with Crippen LogP contribution in [0.15, 0.2) is 24.3 Å². The molecule has 0 aliphatic rings. The van der Waals surface area contributed by atoms with Crippen molar-refractivity contribution in [1.82, 2.24) is 15.0 Å². The molecule has 0 fully saturated rings. The fourth-order valence-electron chi connectivity index (χ4n) is 1.77. The van der Waals surface area contributed by atoms with Gasteiger partial charge in [0.2, 0.25) is 0 Å². The molecular weight excluding hydrogens is 250 g/mol. The van der Waals surface area contributed by atoms with Crippen molar-refractivity contribution in [3.8, 4) is 11.3 Å². The summed E-state index contributed by atoms with van der Waals surface area (Å²) in [6.07, 6.45) is 0. The van der Waals surface area contributed by atoms with Gasteiger partial charge in [-0.3, -0.25) is 4.79 Å². The van der Waals surface area contributed by atoms with Gasteiger partial charge in [0.05, 0.1) is 0 Å². The lowest BCUT2D eigenvalue weighted by molar-refractivity contribution is -0.137. The molecule has 7 heteroatoms. The van der Waals surface area contributed by atoms with Crippen molar-refractivity contribution in [3.05, 3.63) is 35.5 Å². The van der Waals surface area contributed by atoms with Crippen LogP contribution < -0.4 is 0 Å². The maximum absolute atomic E-state index is 11.1. The highest BCUT2D eigenvalue weighted by atomic mass is 16.4. The maximum Gasteiger partial charge on any atom is 0.358 e. The average molecular weight is 261 g/mol. The fourth-order valence-corrected chi connectivity index (χ4v) is 1.77. The Hall–Kier alpha value is -2.70. The number of hydrogen-bond donors (Lipinski definition) is 2. The van der Waals surface area contributed by atoms with E-state index < -0.39 is 18.5 Å². The smallest absolute Gasteiger partial charge is 0.358 e. The van der Waals surface area contributed by atoms with Gasteiger partial charge in [0.1, 0.15) is 12.2 Å². The number of aliphatic carboxylic acids is 1. The predicted octanol–water partition coefficient (Wildman–Crippen LogP) is 1.04. The molecule has 0 aliphatic carbocycles. The van der Waals surface area contributed by atoms with Crippen molar-refractivity contribution in [2.24, 2.45) is 0 Å². The molecule has 0 radical (unpaired) electrons. The Balaban J connectivity index is 2.61. The quantitative estimate of drug-likeness (QED) is 0.851. The summed E-state index contributed by atoms with van der Waals surface area (Å²) >= 11 is 0. The molecule has 2 aromatic rings. The number of aromatic nitrogens is 3. The molecule has 2 rings (SSSR count).